The summed E-state index contributed by atoms with van der Waals surface area (Å²) in [7, 11) is 0. The number of urea groups is 1. The molecule has 0 radical (unpaired) electrons. The number of nitrogens with zero attached hydrogens (tertiary/aromatic N) is 3. The Kier molecular flexibility index (Phi) is 4.19. The van der Waals surface area contributed by atoms with Crippen molar-refractivity contribution < 1.29 is 19.1 Å². The summed E-state index contributed by atoms with van der Waals surface area (Å²) in [5, 5.41) is 4.94. The summed E-state index contributed by atoms with van der Waals surface area (Å²) in [6, 6.07) is -0.593. The molecule has 0 aromatic heterocycles. The maximum absolute atomic E-state index is 11.7. The van der Waals surface area contributed by atoms with E-state index in [1.165, 1.54) is 0 Å². The van der Waals surface area contributed by atoms with Crippen LogP contribution < -0.4 is 0 Å². The molecule has 0 aromatic rings. The minimum atomic E-state index is -0.603. The van der Waals surface area contributed by atoms with Crippen LogP contribution in [0.25, 0.3) is 0 Å². The molecule has 0 aliphatic carbocycles. The molecule has 0 aromatic carbocycles. The van der Waals surface area contributed by atoms with E-state index in [-0.39, 0.29) is 19.7 Å². The Hall–Kier alpha value is -1.92. The average molecular weight is 241 g/mol. The van der Waals surface area contributed by atoms with Crippen molar-refractivity contribution in [2.45, 2.75) is 20.8 Å². The van der Waals surface area contributed by atoms with Gasteiger partial charge in [0.15, 0.2) is 0 Å². The topological polar surface area (TPSA) is 79.3 Å². The molecule has 0 spiro atoms. The van der Waals surface area contributed by atoms with Crippen molar-refractivity contribution in [2.24, 2.45) is 5.10 Å². The van der Waals surface area contributed by atoms with Crippen molar-refractivity contribution in [3.63, 3.8) is 0 Å². The van der Waals surface area contributed by atoms with Crippen molar-refractivity contribution in [3.8, 4) is 0 Å². The van der Waals surface area contributed by atoms with Gasteiger partial charge in [-0.1, -0.05) is 0 Å². The zero-order chi connectivity index (χ0) is 13.0. The van der Waals surface area contributed by atoms with Crippen LogP contribution in [-0.4, -0.2) is 53.2 Å². The summed E-state index contributed by atoms with van der Waals surface area (Å²) < 4.78 is 4.68. The summed E-state index contributed by atoms with van der Waals surface area (Å²) in [4.78, 5) is 35.2. The average Bonchev–Trinajstić information content (AvgIpc) is 2.45. The number of ether oxygens (including phenoxy) is 1. The van der Waals surface area contributed by atoms with Crippen LogP contribution in [0.2, 0.25) is 0 Å². The monoisotopic (exact) mass is 241 g/mol. The fourth-order valence-electron chi connectivity index (χ4n) is 1.34. The predicted molar refractivity (Wildman–Crippen MR) is 59.2 cm³/mol. The van der Waals surface area contributed by atoms with Gasteiger partial charge in [0.1, 0.15) is 13.1 Å². The third-order valence-electron chi connectivity index (χ3n) is 1.95. The molecule has 1 fully saturated rings. The number of amides is 3. The van der Waals surface area contributed by atoms with Gasteiger partial charge in [-0.05, 0) is 20.8 Å². The molecule has 0 bridgehead atoms. The molecule has 1 heterocycles. The Morgan fingerprint density at radius 1 is 1.41 bits per heavy atom. The van der Waals surface area contributed by atoms with Crippen molar-refractivity contribution in [1.82, 2.24) is 9.91 Å². The lowest BCUT2D eigenvalue weighted by molar-refractivity contribution is -0.146. The molecule has 1 aliphatic rings. The van der Waals surface area contributed by atoms with E-state index in [0.29, 0.717) is 5.71 Å². The van der Waals surface area contributed by atoms with Gasteiger partial charge in [0.05, 0.1) is 6.61 Å². The Morgan fingerprint density at radius 3 is 2.59 bits per heavy atom. The predicted octanol–water partition coefficient (Wildman–Crippen LogP) is 0.209. The molecule has 7 nitrogen and oxygen atoms in total. The van der Waals surface area contributed by atoms with Crippen LogP contribution >= 0.6 is 0 Å². The minimum absolute atomic E-state index is 0.135. The van der Waals surface area contributed by atoms with Crippen LogP contribution in [0, 0.1) is 0 Å². The molecular weight excluding hydrogens is 226 g/mol. The molecule has 0 saturated carbocycles. The van der Waals surface area contributed by atoms with E-state index in [4.69, 9.17) is 0 Å². The lowest BCUT2D eigenvalue weighted by Gasteiger charge is -2.12. The molecule has 94 valence electrons. The van der Waals surface area contributed by atoms with Crippen LogP contribution in [0.3, 0.4) is 0 Å². The number of hydrogen-bond acceptors (Lipinski definition) is 5. The molecule has 17 heavy (non-hydrogen) atoms. The smallest absolute Gasteiger partial charge is 0.348 e. The van der Waals surface area contributed by atoms with Gasteiger partial charge < -0.3 is 4.74 Å². The second-order valence-corrected chi connectivity index (χ2v) is 3.67. The van der Waals surface area contributed by atoms with Crippen molar-refractivity contribution >= 4 is 23.6 Å². The van der Waals surface area contributed by atoms with E-state index in [0.717, 1.165) is 9.91 Å². The normalized spacial score (nSPS) is 15.2. The summed E-state index contributed by atoms with van der Waals surface area (Å²) in [6.07, 6.45) is 0. The van der Waals surface area contributed by atoms with E-state index < -0.39 is 17.9 Å². The number of carbonyl (C=O) groups is 3. The molecule has 0 N–H and O–H groups in total. The highest BCUT2D eigenvalue weighted by Gasteiger charge is 2.37. The van der Waals surface area contributed by atoms with Gasteiger partial charge in [0, 0.05) is 5.71 Å². The number of hydrogen-bond donors (Lipinski definition) is 0. The van der Waals surface area contributed by atoms with Gasteiger partial charge >= 0.3 is 12.0 Å². The van der Waals surface area contributed by atoms with E-state index in [1.54, 1.807) is 20.8 Å². The van der Waals surface area contributed by atoms with E-state index in [1.807, 2.05) is 0 Å². The molecule has 3 amide bonds. The molecular formula is C10H15N3O4. The number of carbonyl (C=O) groups excluding carboxylic acids is 3. The third kappa shape index (κ3) is 3.27. The lowest BCUT2D eigenvalue weighted by atomic mass is 10.5. The Bertz CT molecular complexity index is 374. The third-order valence-corrected chi connectivity index (χ3v) is 1.95. The second-order valence-electron chi connectivity index (χ2n) is 3.67. The van der Waals surface area contributed by atoms with Gasteiger partial charge in [0.25, 0.3) is 5.91 Å². The van der Waals surface area contributed by atoms with Crippen LogP contribution in [0.1, 0.15) is 20.8 Å². The summed E-state index contributed by atoms with van der Waals surface area (Å²) in [6.45, 7) is 4.80. The highest BCUT2D eigenvalue weighted by molar-refractivity contribution is 6.04. The van der Waals surface area contributed by atoms with Gasteiger partial charge in [-0.3, -0.25) is 9.59 Å². The first-order valence-corrected chi connectivity index (χ1v) is 5.25. The fourth-order valence-corrected chi connectivity index (χ4v) is 1.34. The highest BCUT2D eigenvalue weighted by atomic mass is 16.5. The highest BCUT2D eigenvalue weighted by Crippen LogP contribution is 2.10. The Morgan fingerprint density at radius 2 is 2.06 bits per heavy atom. The van der Waals surface area contributed by atoms with Crippen LogP contribution in [-0.2, 0) is 14.3 Å². The van der Waals surface area contributed by atoms with Crippen LogP contribution in [0.4, 0.5) is 4.79 Å². The van der Waals surface area contributed by atoms with Gasteiger partial charge in [-0.15, -0.1) is 0 Å². The minimum Gasteiger partial charge on any atom is -0.465 e. The van der Waals surface area contributed by atoms with E-state index in [2.05, 4.69) is 9.84 Å². The number of hydrazone groups is 1. The zero-order valence-electron chi connectivity index (χ0n) is 10.1. The number of esters is 1. The maximum Gasteiger partial charge on any atom is 0.348 e. The standard InChI is InChI=1S/C10H15N3O4/c1-4-17-9(15)6-12-8(14)5-13(10(12)16)11-7(2)3/h4-6H2,1-3H3. The Labute approximate surface area is 99.0 Å². The largest absolute Gasteiger partial charge is 0.465 e. The van der Waals surface area contributed by atoms with E-state index >= 15 is 0 Å². The van der Waals surface area contributed by atoms with Crippen LogP contribution in [0.5, 0.6) is 0 Å². The Balaban J connectivity index is 2.69. The SMILES string of the molecule is CCOC(=O)CN1C(=O)CN(N=C(C)C)C1=O. The molecule has 1 aliphatic heterocycles. The van der Waals surface area contributed by atoms with Crippen molar-refractivity contribution in [3.05, 3.63) is 0 Å². The second kappa shape index (κ2) is 5.42. The van der Waals surface area contributed by atoms with Gasteiger partial charge in [-0.2, -0.15) is 5.10 Å². The molecule has 0 atom stereocenters. The van der Waals surface area contributed by atoms with Gasteiger partial charge in [-0.25, -0.2) is 14.7 Å². The molecule has 7 heteroatoms. The molecule has 0 unspecified atom stereocenters. The molecule has 1 rings (SSSR count). The molecule has 1 saturated heterocycles. The summed E-state index contributed by atoms with van der Waals surface area (Å²) in [5.41, 5.74) is 0.657. The van der Waals surface area contributed by atoms with E-state index in [9.17, 15) is 14.4 Å². The lowest BCUT2D eigenvalue weighted by Crippen LogP contribution is -2.36. The first-order chi connectivity index (χ1) is 7.95. The van der Waals surface area contributed by atoms with Crippen molar-refractivity contribution in [2.75, 3.05) is 19.7 Å². The van der Waals surface area contributed by atoms with Crippen LogP contribution in [0.15, 0.2) is 5.10 Å². The number of imide groups is 1. The maximum atomic E-state index is 11.7. The number of rotatable bonds is 4. The zero-order valence-corrected chi connectivity index (χ0v) is 10.1. The first-order valence-electron chi connectivity index (χ1n) is 5.25. The first kappa shape index (κ1) is 13.1. The summed E-state index contributed by atoms with van der Waals surface area (Å²) in [5.74, 6) is -1.05. The fraction of sp³-hybridized carbons (Fsp3) is 0.600. The quantitative estimate of drug-likeness (QED) is 0.400. The summed E-state index contributed by atoms with van der Waals surface area (Å²) >= 11 is 0. The van der Waals surface area contributed by atoms with Gasteiger partial charge in [0.2, 0.25) is 0 Å². The van der Waals surface area contributed by atoms with Crippen molar-refractivity contribution in [1.29, 1.82) is 0 Å².